The molecule has 7 nitrogen and oxygen atoms in total. The Bertz CT molecular complexity index is 803. The van der Waals surface area contributed by atoms with Gasteiger partial charge in [0.15, 0.2) is 0 Å². The highest BCUT2D eigenvalue weighted by molar-refractivity contribution is 7.85. The van der Waals surface area contributed by atoms with Crippen molar-refractivity contribution in [3.05, 3.63) is 12.2 Å². The molecule has 0 fully saturated rings. The molecule has 4 N–H and O–H groups in total. The molecular weight excluding hydrogens is 598 g/mol. The molecule has 8 heteroatoms. The number of carbonyl (C=O) groups is 1. The Labute approximate surface area is 284 Å². The molecule has 0 aromatic heterocycles. The Balaban J connectivity index is 3.99. The van der Waals surface area contributed by atoms with E-state index in [1.165, 1.54) is 141 Å². The number of nitrogens with one attached hydrogen (secondary N) is 1. The first-order valence-electron chi connectivity index (χ1n) is 19.5. The Morgan fingerprint density at radius 2 is 0.935 bits per heavy atom. The summed E-state index contributed by atoms with van der Waals surface area (Å²) in [6.07, 6.45) is 35.6. The minimum absolute atomic E-state index is 0.285. The van der Waals surface area contributed by atoms with Gasteiger partial charge in [-0.2, -0.15) is 8.42 Å². The summed E-state index contributed by atoms with van der Waals surface area (Å²) in [6.45, 7) is 4.48. The number of carbonyl (C=O) groups excluding carboxylic acids is 1. The van der Waals surface area contributed by atoms with Crippen molar-refractivity contribution < 1.29 is 28.0 Å². The van der Waals surface area contributed by atoms with Crippen LogP contribution in [0.25, 0.3) is 0 Å². The number of hydrogen-bond donors (Lipinski definition) is 4. The van der Waals surface area contributed by atoms with Gasteiger partial charge >= 0.3 is 0 Å². The van der Waals surface area contributed by atoms with E-state index in [1.807, 2.05) is 0 Å². The zero-order valence-electron chi connectivity index (χ0n) is 30.1. The number of allylic oxidation sites excluding steroid dienone is 1. The number of aliphatic hydroxyl groups excluding tert-OH is 2. The number of amides is 1. The molecule has 0 aromatic carbocycles. The molecule has 0 aliphatic carbocycles. The quantitative estimate of drug-likeness (QED) is 0.0302. The van der Waals surface area contributed by atoms with Crippen LogP contribution in [0.2, 0.25) is 0 Å². The van der Waals surface area contributed by atoms with Crippen LogP contribution in [0, 0.1) is 0 Å². The lowest BCUT2D eigenvalue weighted by molar-refractivity contribution is -0.130. The van der Waals surface area contributed by atoms with E-state index >= 15 is 0 Å². The molecule has 0 aromatic rings. The van der Waals surface area contributed by atoms with Gasteiger partial charge in [0, 0.05) is 0 Å². The number of hydrogen-bond acceptors (Lipinski definition) is 5. The lowest BCUT2D eigenvalue weighted by Crippen LogP contribution is -2.50. The highest BCUT2D eigenvalue weighted by Gasteiger charge is 2.27. The predicted molar refractivity (Wildman–Crippen MR) is 195 cm³/mol. The summed E-state index contributed by atoms with van der Waals surface area (Å²) in [5.41, 5.74) is 0. The molecule has 0 spiro atoms. The summed E-state index contributed by atoms with van der Waals surface area (Å²) in [7, 11) is -4.43. The van der Waals surface area contributed by atoms with Gasteiger partial charge in [-0.1, -0.05) is 193 Å². The van der Waals surface area contributed by atoms with Gasteiger partial charge < -0.3 is 15.5 Å². The van der Waals surface area contributed by atoms with Crippen molar-refractivity contribution in [1.29, 1.82) is 0 Å². The third-order valence-electron chi connectivity index (χ3n) is 9.07. The second-order valence-corrected chi connectivity index (χ2v) is 15.2. The average molecular weight is 674 g/mol. The van der Waals surface area contributed by atoms with E-state index in [9.17, 15) is 28.0 Å². The minimum Gasteiger partial charge on any atom is -0.387 e. The normalized spacial score (nSPS) is 14.1. The average Bonchev–Trinajstić information content (AvgIpc) is 3.01. The largest absolute Gasteiger partial charge is 0.387 e. The first-order chi connectivity index (χ1) is 22.2. The molecule has 0 saturated carbocycles. The van der Waals surface area contributed by atoms with E-state index in [2.05, 4.69) is 19.2 Å². The number of rotatable bonds is 35. The van der Waals surface area contributed by atoms with Crippen LogP contribution >= 0.6 is 0 Å². The lowest BCUT2D eigenvalue weighted by atomic mass is 10.0. The van der Waals surface area contributed by atoms with Crippen molar-refractivity contribution in [3.63, 3.8) is 0 Å². The van der Waals surface area contributed by atoms with Crippen LogP contribution in [-0.2, 0) is 14.9 Å². The fourth-order valence-corrected chi connectivity index (χ4v) is 6.78. The first-order valence-corrected chi connectivity index (χ1v) is 21.1. The summed E-state index contributed by atoms with van der Waals surface area (Å²) in [5, 5.41) is 23.3. The zero-order chi connectivity index (χ0) is 34.1. The molecule has 3 unspecified atom stereocenters. The van der Waals surface area contributed by atoms with Gasteiger partial charge in [0.2, 0.25) is 5.91 Å². The molecule has 0 rings (SSSR count). The van der Waals surface area contributed by atoms with Crippen LogP contribution in [-0.4, -0.2) is 53.1 Å². The highest BCUT2D eigenvalue weighted by Crippen LogP contribution is 2.15. The van der Waals surface area contributed by atoms with E-state index in [0.29, 0.717) is 6.42 Å². The van der Waals surface area contributed by atoms with E-state index in [1.54, 1.807) is 6.08 Å². The van der Waals surface area contributed by atoms with Gasteiger partial charge in [0.05, 0.1) is 17.9 Å². The summed E-state index contributed by atoms with van der Waals surface area (Å²) >= 11 is 0. The maximum Gasteiger partial charge on any atom is 0.267 e. The molecule has 274 valence electrons. The monoisotopic (exact) mass is 674 g/mol. The Hall–Kier alpha value is -0.960. The van der Waals surface area contributed by atoms with Crippen molar-refractivity contribution in [2.45, 2.75) is 218 Å². The molecule has 3 atom stereocenters. The van der Waals surface area contributed by atoms with Gasteiger partial charge in [-0.3, -0.25) is 9.35 Å². The van der Waals surface area contributed by atoms with E-state index < -0.39 is 40.0 Å². The van der Waals surface area contributed by atoms with Crippen molar-refractivity contribution >= 4 is 16.0 Å². The minimum atomic E-state index is -4.43. The summed E-state index contributed by atoms with van der Waals surface area (Å²) in [6, 6.07) is -1.23. The van der Waals surface area contributed by atoms with Gasteiger partial charge in [0.25, 0.3) is 10.1 Å². The molecule has 1 amide bonds. The van der Waals surface area contributed by atoms with Crippen molar-refractivity contribution in [1.82, 2.24) is 5.32 Å². The molecule has 46 heavy (non-hydrogen) atoms. The van der Waals surface area contributed by atoms with Crippen molar-refractivity contribution in [2.24, 2.45) is 0 Å². The third kappa shape index (κ3) is 31.6. The standard InChI is InChI=1S/C38H75NO6S/c1-3-5-7-9-11-13-15-16-17-18-19-20-21-23-25-27-29-31-33-37(41)38(42)39-35(34-46(43,44)45)36(40)32-30-28-26-24-22-14-12-10-8-6-4-2/h30,32,35-37,40-41H,3-29,31,33-34H2,1-2H3,(H,39,42)(H,43,44,45)/b32-30+. The molecule has 0 aliphatic rings. The zero-order valence-corrected chi connectivity index (χ0v) is 30.9. The first kappa shape index (κ1) is 45.0. The van der Waals surface area contributed by atoms with Gasteiger partial charge in [-0.15, -0.1) is 0 Å². The van der Waals surface area contributed by atoms with Crippen LogP contribution in [0.1, 0.15) is 200 Å². The molecule has 0 heterocycles. The van der Waals surface area contributed by atoms with E-state index in [-0.39, 0.29) is 6.42 Å². The van der Waals surface area contributed by atoms with Gasteiger partial charge in [-0.05, 0) is 19.3 Å². The van der Waals surface area contributed by atoms with Gasteiger partial charge in [-0.25, -0.2) is 0 Å². The molecule has 0 saturated heterocycles. The third-order valence-corrected chi connectivity index (χ3v) is 9.85. The van der Waals surface area contributed by atoms with E-state index in [4.69, 9.17) is 0 Å². The molecule has 0 radical (unpaired) electrons. The van der Waals surface area contributed by atoms with Crippen LogP contribution in [0.15, 0.2) is 12.2 Å². The predicted octanol–water partition coefficient (Wildman–Crippen LogP) is 9.99. The fraction of sp³-hybridized carbons (Fsp3) is 0.921. The summed E-state index contributed by atoms with van der Waals surface area (Å²) < 4.78 is 32.4. The molecule has 0 bridgehead atoms. The van der Waals surface area contributed by atoms with Crippen LogP contribution < -0.4 is 5.32 Å². The SMILES string of the molecule is CCCCCCCCCCC/C=C/C(O)C(CS(=O)(=O)O)NC(=O)C(O)CCCCCCCCCCCCCCCCCCCC. The highest BCUT2D eigenvalue weighted by atomic mass is 32.2. The lowest BCUT2D eigenvalue weighted by Gasteiger charge is -2.22. The maximum atomic E-state index is 12.5. The topological polar surface area (TPSA) is 124 Å². The fourth-order valence-electron chi connectivity index (χ4n) is 6.04. The van der Waals surface area contributed by atoms with Crippen molar-refractivity contribution in [3.8, 4) is 0 Å². The summed E-state index contributed by atoms with van der Waals surface area (Å²) in [4.78, 5) is 12.5. The van der Waals surface area contributed by atoms with Crippen LogP contribution in [0.3, 0.4) is 0 Å². The second kappa shape index (κ2) is 32.6. The van der Waals surface area contributed by atoms with Crippen molar-refractivity contribution in [2.75, 3.05) is 5.75 Å². The Morgan fingerprint density at radius 3 is 1.30 bits per heavy atom. The maximum absolute atomic E-state index is 12.5. The summed E-state index contributed by atoms with van der Waals surface area (Å²) in [5.74, 6) is -1.53. The van der Waals surface area contributed by atoms with Gasteiger partial charge in [0.1, 0.15) is 6.10 Å². The smallest absolute Gasteiger partial charge is 0.267 e. The van der Waals surface area contributed by atoms with Crippen LogP contribution in [0.4, 0.5) is 0 Å². The molecular formula is C38H75NO6S. The second-order valence-electron chi connectivity index (χ2n) is 13.7. The van der Waals surface area contributed by atoms with Crippen LogP contribution in [0.5, 0.6) is 0 Å². The van der Waals surface area contributed by atoms with E-state index in [0.717, 1.165) is 38.5 Å². The number of unbranched alkanes of at least 4 members (excludes halogenated alkanes) is 26. The Kier molecular flexibility index (Phi) is 31.9. The molecule has 0 aliphatic heterocycles. The number of aliphatic hydroxyl groups is 2. The Morgan fingerprint density at radius 1 is 0.587 bits per heavy atom.